The van der Waals surface area contributed by atoms with Gasteiger partial charge in [0.15, 0.2) is 0 Å². The summed E-state index contributed by atoms with van der Waals surface area (Å²) < 4.78 is 12.1. The van der Waals surface area contributed by atoms with Gasteiger partial charge in [-0.3, -0.25) is 4.98 Å². The van der Waals surface area contributed by atoms with E-state index in [1.807, 2.05) is 32.2 Å². The number of hydrogen-bond acceptors (Lipinski definition) is 2. The van der Waals surface area contributed by atoms with Gasteiger partial charge in [0.2, 0.25) is 0 Å². The number of aromatic nitrogens is 1. The maximum atomic E-state index is 12.1. The summed E-state index contributed by atoms with van der Waals surface area (Å²) in [6.07, 6.45) is 3.60. The molecule has 0 aliphatic rings. The van der Waals surface area contributed by atoms with Crippen molar-refractivity contribution >= 4 is 11.3 Å². The van der Waals surface area contributed by atoms with Crippen LogP contribution in [0.4, 0.5) is 4.39 Å². The highest BCUT2D eigenvalue weighted by atomic mass is 32.1. The van der Waals surface area contributed by atoms with Crippen LogP contribution in [0, 0.1) is 26.6 Å². The second-order valence-electron chi connectivity index (χ2n) is 4.55. The van der Waals surface area contributed by atoms with Crippen LogP contribution >= 0.6 is 11.3 Å². The predicted octanol–water partition coefficient (Wildman–Crippen LogP) is 5.58. The number of halogens is 1. The Morgan fingerprint density at radius 1 is 0.857 bits per heavy atom. The lowest BCUT2D eigenvalue weighted by molar-refractivity contribution is 0.627. The number of hydrogen-bond donors (Lipinski definition) is 0. The number of nitrogens with zero attached hydrogens (tertiary/aromatic N) is 1. The second-order valence-corrected chi connectivity index (χ2v) is 5.70. The average molecular weight is 301 g/mol. The molecule has 0 aliphatic heterocycles. The van der Waals surface area contributed by atoms with Gasteiger partial charge in [-0.05, 0) is 56.0 Å². The molecule has 0 saturated carbocycles. The number of aryl methyl sites for hydroxylation is 3. The van der Waals surface area contributed by atoms with Crippen molar-refractivity contribution in [2.45, 2.75) is 20.8 Å². The van der Waals surface area contributed by atoms with E-state index >= 15 is 0 Å². The van der Waals surface area contributed by atoms with Crippen molar-refractivity contribution in [3.8, 4) is 0 Å². The Balaban J connectivity index is 0.000000159. The summed E-state index contributed by atoms with van der Waals surface area (Å²) in [4.78, 5) is 5.27. The Kier molecular flexibility index (Phi) is 7.99. The van der Waals surface area contributed by atoms with Crippen molar-refractivity contribution in [2.24, 2.45) is 0 Å². The molecule has 2 heterocycles. The first-order chi connectivity index (χ1) is 10.1. The van der Waals surface area contributed by atoms with Gasteiger partial charge in [-0.25, -0.2) is 4.39 Å². The van der Waals surface area contributed by atoms with Gasteiger partial charge in [0.05, 0.1) is 0 Å². The minimum atomic E-state index is -0.171. The lowest BCUT2D eigenvalue weighted by Gasteiger charge is -1.87. The SMILES string of the molecule is Cc1ccc(F)cc1.Cc1cccnc1.Cc1cccs1. The zero-order valence-electron chi connectivity index (χ0n) is 12.6. The molecule has 1 nitrogen and oxygen atoms in total. The molecule has 0 fully saturated rings. The molecule has 1 aromatic carbocycles. The fourth-order valence-corrected chi connectivity index (χ4v) is 1.87. The van der Waals surface area contributed by atoms with Gasteiger partial charge >= 0.3 is 0 Å². The molecule has 0 radical (unpaired) electrons. The third-order valence-electron chi connectivity index (χ3n) is 2.48. The van der Waals surface area contributed by atoms with E-state index in [0.29, 0.717) is 0 Å². The number of thiophene rings is 1. The number of rotatable bonds is 0. The van der Waals surface area contributed by atoms with Crippen molar-refractivity contribution in [2.75, 3.05) is 0 Å². The molecule has 0 spiro atoms. The molecule has 0 atom stereocenters. The smallest absolute Gasteiger partial charge is 0.123 e. The van der Waals surface area contributed by atoms with Crippen LogP contribution in [0.3, 0.4) is 0 Å². The first-order valence-corrected chi connectivity index (χ1v) is 7.55. The highest BCUT2D eigenvalue weighted by Crippen LogP contribution is 2.03. The molecule has 0 amide bonds. The minimum Gasteiger partial charge on any atom is -0.264 e. The monoisotopic (exact) mass is 301 g/mol. The Hall–Kier alpha value is -2.00. The summed E-state index contributed by atoms with van der Waals surface area (Å²) in [7, 11) is 0. The van der Waals surface area contributed by atoms with Crippen LogP contribution in [0.5, 0.6) is 0 Å². The molecule has 0 saturated heterocycles. The Morgan fingerprint density at radius 2 is 1.57 bits per heavy atom. The summed E-state index contributed by atoms with van der Waals surface area (Å²) >= 11 is 1.78. The fraction of sp³-hybridized carbons (Fsp3) is 0.167. The molecular weight excluding hydrogens is 281 g/mol. The van der Waals surface area contributed by atoms with Crippen LogP contribution in [-0.4, -0.2) is 4.98 Å². The molecule has 3 heteroatoms. The lowest BCUT2D eigenvalue weighted by Crippen LogP contribution is -1.71. The highest BCUT2D eigenvalue weighted by molar-refractivity contribution is 7.09. The zero-order valence-corrected chi connectivity index (χ0v) is 13.4. The van der Waals surface area contributed by atoms with E-state index in [2.05, 4.69) is 29.4 Å². The Labute approximate surface area is 130 Å². The first-order valence-electron chi connectivity index (χ1n) is 6.67. The summed E-state index contributed by atoms with van der Waals surface area (Å²) in [6, 6.07) is 14.5. The molecule has 3 rings (SSSR count). The van der Waals surface area contributed by atoms with Gasteiger partial charge in [-0.15, -0.1) is 11.3 Å². The quantitative estimate of drug-likeness (QED) is 0.528. The molecule has 3 aromatic rings. The first kappa shape index (κ1) is 17.1. The Morgan fingerprint density at radius 3 is 1.86 bits per heavy atom. The van der Waals surface area contributed by atoms with Gasteiger partial charge < -0.3 is 0 Å². The number of pyridine rings is 1. The third kappa shape index (κ3) is 8.71. The van der Waals surface area contributed by atoms with Gasteiger partial charge in [-0.1, -0.05) is 29.8 Å². The van der Waals surface area contributed by atoms with E-state index in [9.17, 15) is 4.39 Å². The standard InChI is InChI=1S/C7H7F.C6H7N.C5H6S/c1-6-2-4-7(8)5-3-6;1-6-3-2-4-7-5-6;1-5-3-2-4-6-5/h2-5H,1H3;2-5H,1H3;2-4H,1H3. The van der Waals surface area contributed by atoms with Crippen LogP contribution in [0.2, 0.25) is 0 Å². The molecular formula is C18H20FNS. The summed E-state index contributed by atoms with van der Waals surface area (Å²) in [6.45, 7) is 6.05. The largest absolute Gasteiger partial charge is 0.264 e. The van der Waals surface area contributed by atoms with Crippen molar-refractivity contribution in [1.82, 2.24) is 4.98 Å². The molecule has 0 bridgehead atoms. The van der Waals surface area contributed by atoms with Crippen molar-refractivity contribution < 1.29 is 4.39 Å². The predicted molar refractivity (Wildman–Crippen MR) is 89.2 cm³/mol. The van der Waals surface area contributed by atoms with Gasteiger partial charge in [0.1, 0.15) is 5.82 Å². The van der Waals surface area contributed by atoms with Gasteiger partial charge in [-0.2, -0.15) is 0 Å². The van der Waals surface area contributed by atoms with Crippen molar-refractivity contribution in [3.63, 3.8) is 0 Å². The van der Waals surface area contributed by atoms with E-state index in [4.69, 9.17) is 0 Å². The van der Waals surface area contributed by atoms with Crippen LogP contribution in [0.15, 0.2) is 66.3 Å². The maximum absolute atomic E-state index is 12.1. The highest BCUT2D eigenvalue weighted by Gasteiger charge is 1.83. The molecule has 0 aliphatic carbocycles. The molecule has 0 unspecified atom stereocenters. The number of benzene rings is 1. The molecule has 0 N–H and O–H groups in total. The lowest BCUT2D eigenvalue weighted by atomic mass is 10.2. The van der Waals surface area contributed by atoms with Crippen molar-refractivity contribution in [3.05, 3.63) is 88.1 Å². The summed E-state index contributed by atoms with van der Waals surface area (Å²) in [5.41, 5.74) is 2.30. The summed E-state index contributed by atoms with van der Waals surface area (Å²) in [5.74, 6) is -0.171. The van der Waals surface area contributed by atoms with Crippen LogP contribution in [0.25, 0.3) is 0 Å². The van der Waals surface area contributed by atoms with Crippen LogP contribution in [0.1, 0.15) is 16.0 Å². The van der Waals surface area contributed by atoms with E-state index < -0.39 is 0 Å². The van der Waals surface area contributed by atoms with Crippen LogP contribution in [-0.2, 0) is 0 Å². The fourth-order valence-electron chi connectivity index (χ4n) is 1.34. The Bertz CT molecular complexity index is 568. The van der Waals surface area contributed by atoms with Crippen LogP contribution < -0.4 is 0 Å². The third-order valence-corrected chi connectivity index (χ3v) is 3.28. The maximum Gasteiger partial charge on any atom is 0.123 e. The topological polar surface area (TPSA) is 12.9 Å². The van der Waals surface area contributed by atoms with E-state index in [-0.39, 0.29) is 5.82 Å². The van der Waals surface area contributed by atoms with E-state index in [1.54, 1.807) is 29.7 Å². The molecule has 2 aromatic heterocycles. The van der Waals surface area contributed by atoms with E-state index in [1.165, 1.54) is 22.6 Å². The zero-order chi connectivity index (χ0) is 15.5. The second kappa shape index (κ2) is 9.83. The van der Waals surface area contributed by atoms with Gasteiger partial charge in [0.25, 0.3) is 0 Å². The summed E-state index contributed by atoms with van der Waals surface area (Å²) in [5, 5.41) is 2.08. The normalized spacial score (nSPS) is 8.95. The van der Waals surface area contributed by atoms with E-state index in [0.717, 1.165) is 5.56 Å². The van der Waals surface area contributed by atoms with Crippen molar-refractivity contribution in [1.29, 1.82) is 0 Å². The molecule has 21 heavy (non-hydrogen) atoms. The molecule has 110 valence electrons. The average Bonchev–Trinajstić information content (AvgIpc) is 2.95. The van der Waals surface area contributed by atoms with Gasteiger partial charge in [0, 0.05) is 17.3 Å². The minimum absolute atomic E-state index is 0.171.